The molecule has 0 bridgehead atoms. The number of anilines is 1. The van der Waals surface area contributed by atoms with Crippen LogP contribution in [0.4, 0.5) is 5.00 Å². The van der Waals surface area contributed by atoms with Crippen LogP contribution in [-0.2, 0) is 22.4 Å². The summed E-state index contributed by atoms with van der Waals surface area (Å²) in [5.41, 5.74) is 7.23. The van der Waals surface area contributed by atoms with Gasteiger partial charge in [-0.15, -0.1) is 11.3 Å². The van der Waals surface area contributed by atoms with Crippen LogP contribution in [0.15, 0.2) is 10.6 Å². The summed E-state index contributed by atoms with van der Waals surface area (Å²) in [5.74, 6) is -1.98. The molecular weight excluding hydrogens is 334 g/mol. The van der Waals surface area contributed by atoms with Crippen molar-refractivity contribution in [1.29, 1.82) is 0 Å². The van der Waals surface area contributed by atoms with E-state index in [9.17, 15) is 14.4 Å². The summed E-state index contributed by atoms with van der Waals surface area (Å²) in [7, 11) is 0. The van der Waals surface area contributed by atoms with Crippen molar-refractivity contribution in [3.05, 3.63) is 33.5 Å². The predicted molar refractivity (Wildman–Crippen MR) is 85.0 cm³/mol. The Labute approximate surface area is 140 Å². The molecule has 8 nitrogen and oxygen atoms in total. The lowest BCUT2D eigenvalue weighted by atomic mass is 10.1. The lowest BCUT2D eigenvalue weighted by Gasteiger charge is -2.06. The van der Waals surface area contributed by atoms with E-state index >= 15 is 0 Å². The number of ether oxygens (including phenoxy) is 1. The SMILES string of the molecule is Cc1cc(C(=O)OCC(=O)Nc2sc3c(c2C(N)=O)CCC3)on1. The number of primary amides is 1. The Morgan fingerprint density at radius 2 is 2.21 bits per heavy atom. The van der Waals surface area contributed by atoms with E-state index in [-0.39, 0.29) is 5.76 Å². The normalized spacial score (nSPS) is 12.7. The molecule has 0 spiro atoms. The zero-order valence-electron chi connectivity index (χ0n) is 12.9. The highest BCUT2D eigenvalue weighted by molar-refractivity contribution is 7.17. The van der Waals surface area contributed by atoms with Crippen LogP contribution in [0.5, 0.6) is 0 Å². The topological polar surface area (TPSA) is 125 Å². The number of amides is 2. The standard InChI is InChI=1S/C15H15N3O5S/c1-7-5-9(23-18-7)15(21)22-6-11(19)17-14-12(13(16)20)8-3-2-4-10(8)24-14/h5H,2-4,6H2,1H3,(H2,16,20)(H,17,19). The van der Waals surface area contributed by atoms with E-state index < -0.39 is 24.4 Å². The zero-order chi connectivity index (χ0) is 17.3. The van der Waals surface area contributed by atoms with E-state index in [2.05, 4.69) is 10.5 Å². The number of hydrogen-bond donors (Lipinski definition) is 2. The number of fused-ring (bicyclic) bond motifs is 1. The molecule has 3 rings (SSSR count). The highest BCUT2D eigenvalue weighted by atomic mass is 32.1. The number of carbonyl (C=O) groups is 3. The van der Waals surface area contributed by atoms with Crippen LogP contribution in [0.3, 0.4) is 0 Å². The molecule has 24 heavy (non-hydrogen) atoms. The van der Waals surface area contributed by atoms with Gasteiger partial charge in [0.05, 0.1) is 11.3 Å². The first-order valence-electron chi connectivity index (χ1n) is 7.30. The van der Waals surface area contributed by atoms with E-state index in [0.717, 1.165) is 29.7 Å². The lowest BCUT2D eigenvalue weighted by Crippen LogP contribution is -2.22. The summed E-state index contributed by atoms with van der Waals surface area (Å²) in [6.45, 7) is 1.16. The summed E-state index contributed by atoms with van der Waals surface area (Å²) >= 11 is 1.34. The maximum Gasteiger partial charge on any atom is 0.377 e. The Balaban J connectivity index is 1.63. The zero-order valence-corrected chi connectivity index (χ0v) is 13.7. The first kappa shape index (κ1) is 16.2. The molecule has 2 heterocycles. The molecule has 1 aliphatic carbocycles. The second-order valence-electron chi connectivity index (χ2n) is 5.38. The number of aryl methyl sites for hydroxylation is 2. The number of nitrogens with two attached hydrogens (primary N) is 1. The highest BCUT2D eigenvalue weighted by Gasteiger charge is 2.26. The minimum atomic E-state index is -0.783. The van der Waals surface area contributed by atoms with Crippen LogP contribution in [0.2, 0.25) is 0 Å². The van der Waals surface area contributed by atoms with Gasteiger partial charge in [0.25, 0.3) is 11.8 Å². The van der Waals surface area contributed by atoms with Gasteiger partial charge in [-0.3, -0.25) is 9.59 Å². The molecule has 2 aromatic heterocycles. The summed E-state index contributed by atoms with van der Waals surface area (Å²) in [6.07, 6.45) is 2.62. The van der Waals surface area contributed by atoms with Crippen LogP contribution in [0, 0.1) is 6.92 Å². The number of nitrogens with one attached hydrogen (secondary N) is 1. The molecule has 0 saturated carbocycles. The van der Waals surface area contributed by atoms with Crippen molar-refractivity contribution in [1.82, 2.24) is 5.16 Å². The van der Waals surface area contributed by atoms with Crippen LogP contribution in [0.1, 0.15) is 43.5 Å². The lowest BCUT2D eigenvalue weighted by molar-refractivity contribution is -0.119. The fourth-order valence-corrected chi connectivity index (χ4v) is 3.89. The Kier molecular flexibility index (Phi) is 4.34. The number of aromatic nitrogens is 1. The molecule has 0 radical (unpaired) electrons. The fraction of sp³-hybridized carbons (Fsp3) is 0.333. The minimum Gasteiger partial charge on any atom is -0.450 e. The number of thiophene rings is 1. The van der Waals surface area contributed by atoms with Gasteiger partial charge in [-0.1, -0.05) is 5.16 Å². The minimum absolute atomic E-state index is 0.0757. The first-order valence-corrected chi connectivity index (χ1v) is 8.12. The maximum absolute atomic E-state index is 12.0. The summed E-state index contributed by atoms with van der Waals surface area (Å²) < 4.78 is 9.61. The van der Waals surface area contributed by atoms with Gasteiger partial charge in [0.2, 0.25) is 5.76 Å². The second kappa shape index (κ2) is 6.44. The number of hydrogen-bond acceptors (Lipinski definition) is 7. The largest absolute Gasteiger partial charge is 0.450 e. The molecule has 9 heteroatoms. The molecule has 0 atom stereocenters. The molecule has 0 aliphatic heterocycles. The van der Waals surface area contributed by atoms with Gasteiger partial charge in [0.1, 0.15) is 5.00 Å². The van der Waals surface area contributed by atoms with Crippen molar-refractivity contribution in [3.63, 3.8) is 0 Å². The third-order valence-electron chi connectivity index (χ3n) is 3.58. The van der Waals surface area contributed by atoms with Gasteiger partial charge in [0, 0.05) is 10.9 Å². The van der Waals surface area contributed by atoms with E-state index in [1.807, 2.05) is 0 Å². The molecule has 2 amide bonds. The Morgan fingerprint density at radius 1 is 1.42 bits per heavy atom. The van der Waals surface area contributed by atoms with Crippen molar-refractivity contribution in [2.24, 2.45) is 5.73 Å². The van der Waals surface area contributed by atoms with Crippen molar-refractivity contribution < 1.29 is 23.6 Å². The van der Waals surface area contributed by atoms with Crippen LogP contribution in [0.25, 0.3) is 0 Å². The second-order valence-corrected chi connectivity index (χ2v) is 6.49. The van der Waals surface area contributed by atoms with E-state index in [1.165, 1.54) is 17.4 Å². The van der Waals surface area contributed by atoms with E-state index in [1.54, 1.807) is 6.92 Å². The number of rotatable bonds is 5. The molecule has 1 aliphatic rings. The Bertz CT molecular complexity index is 823. The monoisotopic (exact) mass is 349 g/mol. The molecule has 0 aromatic carbocycles. The van der Waals surface area contributed by atoms with Gasteiger partial charge in [-0.05, 0) is 31.7 Å². The van der Waals surface area contributed by atoms with Crippen molar-refractivity contribution in [2.75, 3.05) is 11.9 Å². The number of carbonyl (C=O) groups excluding carboxylic acids is 3. The molecule has 0 fully saturated rings. The van der Waals surface area contributed by atoms with Gasteiger partial charge in [-0.25, -0.2) is 4.79 Å². The summed E-state index contributed by atoms with van der Waals surface area (Å²) in [4.78, 5) is 36.4. The molecule has 0 unspecified atom stereocenters. The smallest absolute Gasteiger partial charge is 0.377 e. The fourth-order valence-electron chi connectivity index (χ4n) is 2.58. The quantitative estimate of drug-likeness (QED) is 0.787. The Morgan fingerprint density at radius 3 is 2.88 bits per heavy atom. The molecular formula is C15H15N3O5S. The number of esters is 1. The number of nitrogens with zero attached hydrogens (tertiary/aromatic N) is 1. The Hall–Kier alpha value is -2.68. The molecule has 2 aromatic rings. The molecule has 126 valence electrons. The first-order chi connectivity index (χ1) is 11.5. The maximum atomic E-state index is 12.0. The molecule has 0 saturated heterocycles. The highest BCUT2D eigenvalue weighted by Crippen LogP contribution is 2.38. The molecule has 3 N–H and O–H groups in total. The third kappa shape index (κ3) is 3.16. The van der Waals surface area contributed by atoms with Gasteiger partial charge in [0.15, 0.2) is 6.61 Å². The van der Waals surface area contributed by atoms with E-state index in [4.69, 9.17) is 15.0 Å². The predicted octanol–water partition coefficient (Wildman–Crippen LogP) is 1.43. The van der Waals surface area contributed by atoms with Crippen molar-refractivity contribution in [2.45, 2.75) is 26.2 Å². The van der Waals surface area contributed by atoms with Crippen LogP contribution >= 0.6 is 11.3 Å². The van der Waals surface area contributed by atoms with Gasteiger partial charge >= 0.3 is 5.97 Å². The van der Waals surface area contributed by atoms with E-state index in [0.29, 0.717) is 16.3 Å². The summed E-state index contributed by atoms with van der Waals surface area (Å²) in [5, 5.41) is 6.56. The van der Waals surface area contributed by atoms with Crippen molar-refractivity contribution >= 4 is 34.1 Å². The van der Waals surface area contributed by atoms with Crippen molar-refractivity contribution in [3.8, 4) is 0 Å². The van der Waals surface area contributed by atoms with Gasteiger partial charge in [-0.2, -0.15) is 0 Å². The average molecular weight is 349 g/mol. The average Bonchev–Trinajstić information content (AvgIpc) is 3.19. The summed E-state index contributed by atoms with van der Waals surface area (Å²) in [6, 6.07) is 1.41. The van der Waals surface area contributed by atoms with Gasteiger partial charge < -0.3 is 20.3 Å². The van der Waals surface area contributed by atoms with Crippen LogP contribution < -0.4 is 11.1 Å². The van der Waals surface area contributed by atoms with Crippen LogP contribution in [-0.4, -0.2) is 29.5 Å². The third-order valence-corrected chi connectivity index (χ3v) is 4.79.